The molecule has 0 aliphatic carbocycles. The minimum absolute atomic E-state index is 0.265. The highest BCUT2D eigenvalue weighted by Gasteiger charge is 2.29. The lowest BCUT2D eigenvalue weighted by Gasteiger charge is -2.21. The highest BCUT2D eigenvalue weighted by molar-refractivity contribution is 7.93. The predicted octanol–water partition coefficient (Wildman–Crippen LogP) is 3.14. The number of carbonyl (C=O) groups is 1. The second-order valence-corrected chi connectivity index (χ2v) is 6.84. The average Bonchev–Trinajstić information content (AvgIpc) is 2.46. The van der Waals surface area contributed by atoms with Crippen molar-refractivity contribution in [2.45, 2.75) is 4.90 Å². The average molecular weight is 362 g/mol. The number of nitrogens with zero attached hydrogens (tertiary/aromatic N) is 1. The van der Waals surface area contributed by atoms with Gasteiger partial charge in [0.05, 0.1) is 10.6 Å². The first-order valence-corrected chi connectivity index (χ1v) is 7.94. The maximum absolute atomic E-state index is 13.8. The standard InChI is InChI=1S/C14H10ClF2NO4S/c1-18(13-10(16)3-2-4-11(13)17)23(21,22)12-7-8(14(19)20)5-6-9(12)15/h2-7H,1H3,(H,19,20). The Morgan fingerprint density at radius 3 is 2.26 bits per heavy atom. The largest absolute Gasteiger partial charge is 0.478 e. The van der Waals surface area contributed by atoms with Crippen LogP contribution >= 0.6 is 11.6 Å². The van der Waals surface area contributed by atoms with Crippen molar-refractivity contribution in [2.24, 2.45) is 0 Å². The van der Waals surface area contributed by atoms with E-state index in [1.807, 2.05) is 0 Å². The Kier molecular flexibility index (Phi) is 4.58. The lowest BCUT2D eigenvalue weighted by Crippen LogP contribution is -2.28. The minimum Gasteiger partial charge on any atom is -0.478 e. The first-order valence-electron chi connectivity index (χ1n) is 6.12. The minimum atomic E-state index is -4.47. The van der Waals surface area contributed by atoms with Crippen LogP contribution in [0.5, 0.6) is 0 Å². The van der Waals surface area contributed by atoms with Crippen LogP contribution in [0.25, 0.3) is 0 Å². The summed E-state index contributed by atoms with van der Waals surface area (Å²) in [6, 6.07) is 5.93. The number of para-hydroxylation sites is 1. The molecular weight excluding hydrogens is 352 g/mol. The summed E-state index contributed by atoms with van der Waals surface area (Å²) in [5.74, 6) is -3.53. The molecule has 9 heteroatoms. The van der Waals surface area contributed by atoms with Gasteiger partial charge >= 0.3 is 5.97 Å². The molecule has 0 aromatic heterocycles. The van der Waals surface area contributed by atoms with Crippen molar-refractivity contribution in [3.8, 4) is 0 Å². The van der Waals surface area contributed by atoms with E-state index in [9.17, 15) is 22.0 Å². The van der Waals surface area contributed by atoms with Crippen molar-refractivity contribution in [3.05, 3.63) is 58.6 Å². The molecule has 0 saturated heterocycles. The Labute approximate surface area is 135 Å². The van der Waals surface area contributed by atoms with Crippen molar-refractivity contribution in [1.29, 1.82) is 0 Å². The van der Waals surface area contributed by atoms with Gasteiger partial charge in [0.15, 0.2) is 11.6 Å². The number of hydrogen-bond acceptors (Lipinski definition) is 3. The van der Waals surface area contributed by atoms with Crippen LogP contribution in [-0.4, -0.2) is 26.5 Å². The molecule has 2 aromatic carbocycles. The summed E-state index contributed by atoms with van der Waals surface area (Å²) < 4.78 is 53.0. The molecule has 122 valence electrons. The van der Waals surface area contributed by atoms with Gasteiger partial charge in [-0.2, -0.15) is 0 Å². The predicted molar refractivity (Wildman–Crippen MR) is 80.4 cm³/mol. The SMILES string of the molecule is CN(c1c(F)cccc1F)S(=O)(=O)c1cc(C(=O)O)ccc1Cl. The van der Waals surface area contributed by atoms with E-state index in [1.165, 1.54) is 0 Å². The van der Waals surface area contributed by atoms with Gasteiger partial charge in [-0.15, -0.1) is 0 Å². The molecule has 0 fully saturated rings. The van der Waals surface area contributed by atoms with Crippen molar-refractivity contribution in [3.63, 3.8) is 0 Å². The molecular formula is C14H10ClF2NO4S. The summed E-state index contributed by atoms with van der Waals surface area (Å²) in [4.78, 5) is 10.4. The van der Waals surface area contributed by atoms with Gasteiger partial charge in [0.25, 0.3) is 10.0 Å². The third-order valence-electron chi connectivity index (χ3n) is 3.07. The molecule has 0 unspecified atom stereocenters. The van der Waals surface area contributed by atoms with E-state index in [1.54, 1.807) is 0 Å². The number of hydrogen-bond donors (Lipinski definition) is 1. The Morgan fingerprint density at radius 2 is 1.74 bits per heavy atom. The fraction of sp³-hybridized carbons (Fsp3) is 0.0714. The summed E-state index contributed by atoms with van der Waals surface area (Å²) >= 11 is 5.81. The van der Waals surface area contributed by atoms with E-state index in [0.29, 0.717) is 4.31 Å². The van der Waals surface area contributed by atoms with Gasteiger partial charge in [0.2, 0.25) is 0 Å². The molecule has 0 aliphatic rings. The molecule has 5 nitrogen and oxygen atoms in total. The van der Waals surface area contributed by atoms with Crippen LogP contribution in [0.3, 0.4) is 0 Å². The van der Waals surface area contributed by atoms with E-state index in [0.717, 1.165) is 43.4 Å². The Bertz CT molecular complexity index is 866. The number of halogens is 3. The first kappa shape index (κ1) is 17.2. The van der Waals surface area contributed by atoms with Crippen LogP contribution in [0.1, 0.15) is 10.4 Å². The summed E-state index contributed by atoms with van der Waals surface area (Å²) in [5.41, 5.74) is -1.11. The molecule has 0 aliphatic heterocycles. The topological polar surface area (TPSA) is 74.7 Å². The van der Waals surface area contributed by atoms with Crippen LogP contribution in [0.2, 0.25) is 5.02 Å². The number of benzene rings is 2. The van der Waals surface area contributed by atoms with Crippen LogP contribution in [0, 0.1) is 11.6 Å². The van der Waals surface area contributed by atoms with Gasteiger partial charge in [-0.1, -0.05) is 17.7 Å². The summed E-state index contributed by atoms with van der Waals surface area (Å²) in [6.45, 7) is 0. The lowest BCUT2D eigenvalue weighted by molar-refractivity contribution is 0.0696. The molecule has 0 saturated carbocycles. The van der Waals surface area contributed by atoms with Gasteiger partial charge in [-0.25, -0.2) is 22.0 Å². The Hall–Kier alpha value is -2.19. The van der Waals surface area contributed by atoms with E-state index in [4.69, 9.17) is 16.7 Å². The molecule has 0 atom stereocenters. The summed E-state index contributed by atoms with van der Waals surface area (Å²) in [7, 11) is -3.52. The number of anilines is 1. The van der Waals surface area contributed by atoms with Crippen LogP contribution in [0.4, 0.5) is 14.5 Å². The molecule has 23 heavy (non-hydrogen) atoms. The normalized spacial score (nSPS) is 11.3. The zero-order valence-electron chi connectivity index (χ0n) is 11.6. The van der Waals surface area contributed by atoms with Gasteiger partial charge in [-0.05, 0) is 30.3 Å². The molecule has 0 bridgehead atoms. The fourth-order valence-electron chi connectivity index (χ4n) is 1.89. The van der Waals surface area contributed by atoms with Crippen LogP contribution in [0.15, 0.2) is 41.3 Å². The van der Waals surface area contributed by atoms with Crippen molar-refractivity contribution >= 4 is 33.3 Å². The van der Waals surface area contributed by atoms with E-state index < -0.39 is 38.2 Å². The van der Waals surface area contributed by atoms with Crippen molar-refractivity contribution in [2.75, 3.05) is 11.4 Å². The lowest BCUT2D eigenvalue weighted by atomic mass is 10.2. The van der Waals surface area contributed by atoms with Crippen LogP contribution in [-0.2, 0) is 10.0 Å². The van der Waals surface area contributed by atoms with Gasteiger partial charge in [-0.3, -0.25) is 4.31 Å². The molecule has 0 heterocycles. The van der Waals surface area contributed by atoms with Crippen LogP contribution < -0.4 is 4.31 Å². The molecule has 2 rings (SSSR count). The monoisotopic (exact) mass is 361 g/mol. The maximum Gasteiger partial charge on any atom is 0.335 e. The zero-order valence-corrected chi connectivity index (χ0v) is 13.2. The number of aromatic carboxylic acids is 1. The van der Waals surface area contributed by atoms with E-state index in [2.05, 4.69) is 0 Å². The Balaban J connectivity index is 2.63. The molecule has 1 N–H and O–H groups in total. The number of sulfonamides is 1. The number of carboxylic acid groups (broad SMARTS) is 1. The van der Waals surface area contributed by atoms with Crippen molar-refractivity contribution in [1.82, 2.24) is 0 Å². The van der Waals surface area contributed by atoms with E-state index in [-0.39, 0.29) is 10.6 Å². The molecule has 0 spiro atoms. The van der Waals surface area contributed by atoms with E-state index >= 15 is 0 Å². The zero-order chi connectivity index (χ0) is 17.4. The first-order chi connectivity index (χ1) is 10.7. The number of rotatable bonds is 4. The third kappa shape index (κ3) is 3.13. The second-order valence-electron chi connectivity index (χ2n) is 4.49. The summed E-state index contributed by atoms with van der Waals surface area (Å²) in [6.07, 6.45) is 0. The van der Waals surface area contributed by atoms with Gasteiger partial charge in [0, 0.05) is 7.05 Å². The summed E-state index contributed by atoms with van der Waals surface area (Å²) in [5, 5.41) is 8.67. The molecule has 2 aromatic rings. The quantitative estimate of drug-likeness (QED) is 0.907. The third-order valence-corrected chi connectivity index (χ3v) is 5.31. The maximum atomic E-state index is 13.8. The molecule has 0 radical (unpaired) electrons. The second kappa shape index (κ2) is 6.13. The smallest absolute Gasteiger partial charge is 0.335 e. The Morgan fingerprint density at radius 1 is 1.17 bits per heavy atom. The molecule has 0 amide bonds. The highest BCUT2D eigenvalue weighted by atomic mass is 35.5. The fourth-order valence-corrected chi connectivity index (χ4v) is 3.60. The van der Waals surface area contributed by atoms with Crippen molar-refractivity contribution < 1.29 is 27.1 Å². The highest BCUT2D eigenvalue weighted by Crippen LogP contribution is 2.31. The number of carboxylic acids is 1. The van der Waals surface area contributed by atoms with Gasteiger partial charge < -0.3 is 5.11 Å². The van der Waals surface area contributed by atoms with Gasteiger partial charge in [0.1, 0.15) is 10.6 Å².